The smallest absolute Gasteiger partial charge is 0.161 e. The number of methoxy groups -OCH3 is 2. The van der Waals surface area contributed by atoms with Gasteiger partial charge >= 0.3 is 0 Å². The first-order valence-electron chi connectivity index (χ1n) is 13.7. The van der Waals surface area contributed by atoms with Crippen molar-refractivity contribution in [1.29, 1.82) is 0 Å². The van der Waals surface area contributed by atoms with Crippen LogP contribution in [-0.2, 0) is 11.2 Å². The van der Waals surface area contributed by atoms with E-state index in [2.05, 4.69) is 0 Å². The van der Waals surface area contributed by atoms with Gasteiger partial charge < -0.3 is 9.47 Å². The normalized spacial score (nSPS) is 37.4. The van der Waals surface area contributed by atoms with E-state index in [0.29, 0.717) is 5.56 Å². The van der Waals surface area contributed by atoms with Crippen LogP contribution < -0.4 is 9.47 Å². The first-order chi connectivity index (χ1) is 16.2. The molecule has 4 nitrogen and oxygen atoms in total. The van der Waals surface area contributed by atoms with Crippen molar-refractivity contribution < 1.29 is 30.7 Å². The zero-order chi connectivity index (χ0) is 27.8. The van der Waals surface area contributed by atoms with Crippen LogP contribution in [0, 0.1) is 11.8 Å². The number of benzene rings is 1. The van der Waals surface area contributed by atoms with Gasteiger partial charge in [-0.25, -0.2) is 0 Å². The highest BCUT2D eigenvalue weighted by Crippen LogP contribution is 2.42. The zero-order valence-corrected chi connectivity index (χ0v) is 13.9. The third-order valence-corrected chi connectivity index (χ3v) is 4.31. The van der Waals surface area contributed by atoms with Crippen molar-refractivity contribution in [1.82, 2.24) is 4.90 Å². The molecule has 1 aromatic carbocycles. The number of fused-ring (bicyclic) bond motifs is 3. The maximum absolute atomic E-state index is 13.4. The lowest BCUT2D eigenvalue weighted by Crippen LogP contribution is -2.46. The predicted molar refractivity (Wildman–Crippen MR) is 94.8 cm³/mol. The van der Waals surface area contributed by atoms with Crippen LogP contribution in [0.2, 0.25) is 0 Å². The van der Waals surface area contributed by atoms with E-state index in [1.54, 1.807) is 0 Å². The van der Waals surface area contributed by atoms with E-state index in [1.807, 2.05) is 0 Å². The van der Waals surface area contributed by atoms with Crippen LogP contribution in [0.5, 0.6) is 11.5 Å². The molecule has 24 heavy (non-hydrogen) atoms. The molecule has 0 radical (unpaired) electrons. The third-order valence-electron chi connectivity index (χ3n) is 4.31. The Bertz CT molecular complexity index is 1050. The molecule has 2 aliphatic rings. The van der Waals surface area contributed by atoms with Crippen LogP contribution in [0.1, 0.15) is 66.6 Å². The van der Waals surface area contributed by atoms with Crippen molar-refractivity contribution in [3.05, 3.63) is 23.2 Å². The highest BCUT2D eigenvalue weighted by atomic mass is 16.5. The molecule has 0 spiro atoms. The van der Waals surface area contributed by atoms with E-state index < -0.39 is 56.2 Å². The zero-order valence-electron chi connectivity index (χ0n) is 25.9. The van der Waals surface area contributed by atoms with Crippen molar-refractivity contribution >= 4 is 5.78 Å². The van der Waals surface area contributed by atoms with E-state index in [9.17, 15) is 4.79 Å². The minimum atomic E-state index is -3.53. The summed E-state index contributed by atoms with van der Waals surface area (Å²) in [5.41, 5.74) is 0.532. The summed E-state index contributed by atoms with van der Waals surface area (Å²) in [5, 5.41) is 0. The fourth-order valence-electron chi connectivity index (χ4n) is 3.07. The van der Waals surface area contributed by atoms with Crippen LogP contribution in [-0.4, -0.2) is 37.9 Å². The number of carbonyl (C=O) groups is 1. The van der Waals surface area contributed by atoms with Crippen LogP contribution in [0.25, 0.3) is 0 Å². The molecule has 0 saturated carbocycles. The number of nitrogens with zero attached hydrogens (tertiary/aromatic N) is 1. The number of hydrogen-bond donors (Lipinski definition) is 0. The molecule has 0 bridgehead atoms. The summed E-state index contributed by atoms with van der Waals surface area (Å²) in [7, 11) is 2.59. The van der Waals surface area contributed by atoms with Crippen LogP contribution in [0.3, 0.4) is 0 Å². The Morgan fingerprint density at radius 2 is 2.25 bits per heavy atom. The van der Waals surface area contributed by atoms with Gasteiger partial charge in [-0.05, 0) is 41.9 Å². The second-order valence-corrected chi connectivity index (χ2v) is 5.67. The topological polar surface area (TPSA) is 38.8 Å². The predicted octanol–water partition coefficient (Wildman–Crippen LogP) is 3.63. The maximum Gasteiger partial charge on any atom is 0.161 e. The van der Waals surface area contributed by atoms with Gasteiger partial charge in [0.15, 0.2) is 11.5 Å². The summed E-state index contributed by atoms with van der Waals surface area (Å²) in [5.74, 6) is -6.87. The Hall–Kier alpha value is -1.55. The average Bonchev–Trinajstić information content (AvgIpc) is 2.72. The number of piperidine rings is 1. The van der Waals surface area contributed by atoms with Gasteiger partial charge in [0.1, 0.15) is 5.78 Å². The van der Waals surface area contributed by atoms with E-state index in [-0.39, 0.29) is 42.1 Å². The van der Waals surface area contributed by atoms with E-state index in [4.69, 9.17) is 25.9 Å². The molecule has 1 saturated heterocycles. The summed E-state index contributed by atoms with van der Waals surface area (Å²) in [6.45, 7) is -5.74. The molecule has 2 aliphatic heterocycles. The molecule has 2 heterocycles. The van der Waals surface area contributed by atoms with Gasteiger partial charge in [-0.2, -0.15) is 0 Å². The largest absolute Gasteiger partial charge is 0.493 e. The van der Waals surface area contributed by atoms with Crippen LogP contribution in [0.4, 0.5) is 0 Å². The number of carbonyl (C=O) groups excluding carboxylic acids is 1. The Kier molecular flexibility index (Phi) is 2.31. The molecule has 1 fully saturated rings. The number of ketones is 1. The van der Waals surface area contributed by atoms with Crippen LogP contribution in [0.15, 0.2) is 12.1 Å². The molecule has 0 amide bonds. The molecule has 132 valence electrons. The van der Waals surface area contributed by atoms with Crippen molar-refractivity contribution in [2.24, 2.45) is 11.8 Å². The van der Waals surface area contributed by atoms with Gasteiger partial charge in [-0.15, -0.1) is 0 Å². The fraction of sp³-hybridized carbons (Fsp3) is 0.650. The van der Waals surface area contributed by atoms with Crippen LogP contribution >= 0.6 is 0 Å². The highest BCUT2D eigenvalue weighted by molar-refractivity contribution is 5.83. The van der Waals surface area contributed by atoms with Gasteiger partial charge in [0.05, 0.1) is 17.0 Å². The first kappa shape index (κ1) is 7.77. The molecule has 3 atom stereocenters. The number of Topliss-reactive ketones (excluding diaryl/α,β-unsaturated/α-hetero) is 1. The Morgan fingerprint density at radius 3 is 2.92 bits per heavy atom. The Balaban J connectivity index is 2.21. The molecule has 3 rings (SSSR count). The third kappa shape index (κ3) is 3.16. The number of hydrogen-bond acceptors (Lipinski definition) is 4. The van der Waals surface area contributed by atoms with Crippen molar-refractivity contribution in [2.75, 3.05) is 27.3 Å². The first-order valence-corrected chi connectivity index (χ1v) is 7.75. The quantitative estimate of drug-likeness (QED) is 0.818. The average molecular weight is 344 g/mol. The van der Waals surface area contributed by atoms with E-state index in [1.165, 1.54) is 14.2 Å². The Labute approximate surface area is 162 Å². The second kappa shape index (κ2) is 7.14. The minimum Gasteiger partial charge on any atom is -0.493 e. The highest BCUT2D eigenvalue weighted by Gasteiger charge is 2.38. The van der Waals surface area contributed by atoms with Gasteiger partial charge in [-0.1, -0.05) is 20.1 Å². The minimum absolute atomic E-state index is 0.0240. The summed E-state index contributed by atoms with van der Waals surface area (Å²) in [6, 6.07) is -1.36. The molecular weight excluding hydrogens is 302 g/mol. The number of rotatable bonds is 5. The van der Waals surface area contributed by atoms with Crippen molar-refractivity contribution in [3.8, 4) is 11.5 Å². The van der Waals surface area contributed by atoms with Crippen molar-refractivity contribution in [3.63, 3.8) is 0 Å². The fourth-order valence-corrected chi connectivity index (χ4v) is 3.07. The maximum atomic E-state index is 13.4. The summed E-state index contributed by atoms with van der Waals surface area (Å²) in [4.78, 5) is 14.6. The van der Waals surface area contributed by atoms with Gasteiger partial charge in [0.25, 0.3) is 0 Å². The monoisotopic (exact) mass is 343 g/mol. The van der Waals surface area contributed by atoms with Gasteiger partial charge in [-0.3, -0.25) is 9.69 Å². The molecular formula is C20H29NO3. The lowest BCUT2D eigenvalue weighted by atomic mass is 9.79. The lowest BCUT2D eigenvalue weighted by Gasteiger charge is -2.43. The standard InChI is InChI=1S/C20H29NO3/c1-5-13(2)8-15-12-21-7-6-14-9-19(23-3)20(24-4)10-16(14)17(21)11-18(15)22/h9-10,13,15,17H,5-8,11-12H2,1-4H3/i2D3,5D2,8D2,9D,10D,12D2,13D. The molecule has 4 heteroatoms. The SMILES string of the molecule is [2H]c1c2c(c([2H])c(OC)c1OC)C1CC(=O)C(C([2H])([2H])C([2H])(C([2H])([2H])[2H])C([2H])([2H])C)C([2H])([2H])N1CC2. The van der Waals surface area contributed by atoms with E-state index in [0.717, 1.165) is 11.8 Å². The number of ether oxygens (including phenoxy) is 2. The summed E-state index contributed by atoms with van der Waals surface area (Å²) in [6.07, 6.45) is -6.90. The van der Waals surface area contributed by atoms with Gasteiger partial charge in [0.2, 0.25) is 0 Å². The molecule has 0 aromatic heterocycles. The van der Waals surface area contributed by atoms with Gasteiger partial charge in [0, 0.05) is 45.1 Å². The molecule has 0 aliphatic carbocycles. The summed E-state index contributed by atoms with van der Waals surface area (Å²) >= 11 is 0. The molecule has 1 aromatic rings. The van der Waals surface area contributed by atoms with Crippen molar-refractivity contribution in [2.45, 2.75) is 45.4 Å². The summed E-state index contributed by atoms with van der Waals surface area (Å²) < 4.78 is 110. The molecule has 3 unspecified atom stereocenters. The lowest BCUT2D eigenvalue weighted by molar-refractivity contribution is -0.129. The second-order valence-electron chi connectivity index (χ2n) is 5.67. The Morgan fingerprint density at radius 1 is 1.50 bits per heavy atom. The van der Waals surface area contributed by atoms with E-state index >= 15 is 0 Å². The molecule has 0 N–H and O–H groups in total.